The van der Waals surface area contributed by atoms with Crippen LogP contribution in [0.3, 0.4) is 0 Å². The van der Waals surface area contributed by atoms with Gasteiger partial charge in [0.15, 0.2) is 0 Å². The van der Waals surface area contributed by atoms with E-state index in [0.717, 1.165) is 46.9 Å². The van der Waals surface area contributed by atoms with Crippen molar-refractivity contribution >= 4 is 6.03 Å². The molecule has 2 aromatic heterocycles. The lowest BCUT2D eigenvalue weighted by atomic mass is 9.99. The highest BCUT2D eigenvalue weighted by molar-refractivity contribution is 5.76. The largest absolute Gasteiger partial charge is 0.338 e. The van der Waals surface area contributed by atoms with E-state index in [1.54, 1.807) is 0 Å². The zero-order valence-electron chi connectivity index (χ0n) is 22.4. The fourth-order valence-corrected chi connectivity index (χ4v) is 5.50. The highest BCUT2D eigenvalue weighted by Gasteiger charge is 2.35. The van der Waals surface area contributed by atoms with E-state index in [1.165, 1.54) is 11.1 Å². The minimum atomic E-state index is -0.251. The number of rotatable bonds is 6. The summed E-state index contributed by atoms with van der Waals surface area (Å²) in [5.74, 6) is 0.980. The third kappa shape index (κ3) is 4.74. The van der Waals surface area contributed by atoms with Crippen molar-refractivity contribution in [2.45, 2.75) is 39.3 Å². The number of carbonyl (C=O) groups is 1. The Morgan fingerprint density at radius 3 is 2.33 bits per heavy atom. The number of aryl methyl sites for hydroxylation is 2. The Morgan fingerprint density at radius 1 is 0.897 bits per heavy atom. The number of carbonyl (C=O) groups excluding carboxylic acids is 1. The van der Waals surface area contributed by atoms with Crippen molar-refractivity contribution < 1.29 is 4.79 Å². The Bertz CT molecular complexity index is 1570. The van der Waals surface area contributed by atoms with Gasteiger partial charge in [-0.15, -0.1) is 0 Å². The molecule has 196 valence electrons. The zero-order chi connectivity index (χ0) is 26.8. The van der Waals surface area contributed by atoms with Crippen LogP contribution < -0.4 is 5.32 Å². The van der Waals surface area contributed by atoms with Gasteiger partial charge in [0, 0.05) is 18.3 Å². The number of aromatic nitrogens is 3. The lowest BCUT2D eigenvalue weighted by molar-refractivity contribution is 0.180. The molecule has 3 aromatic carbocycles. The van der Waals surface area contributed by atoms with Gasteiger partial charge in [-0.1, -0.05) is 79.7 Å². The van der Waals surface area contributed by atoms with E-state index in [9.17, 15) is 4.79 Å². The molecule has 6 heteroatoms. The minimum Gasteiger partial charge on any atom is -0.338 e. The maximum absolute atomic E-state index is 14.0. The van der Waals surface area contributed by atoms with Gasteiger partial charge in [-0.25, -0.2) is 9.48 Å². The normalized spacial score (nSPS) is 14.4. The molecule has 1 N–H and O–H groups in total. The molecule has 1 aliphatic rings. The second-order valence-corrected chi connectivity index (χ2v) is 10.0. The maximum atomic E-state index is 14.0. The average Bonchev–Trinajstić information content (AvgIpc) is 3.54. The average molecular weight is 516 g/mol. The van der Waals surface area contributed by atoms with Gasteiger partial charge < -0.3 is 14.8 Å². The van der Waals surface area contributed by atoms with Crippen molar-refractivity contribution in [1.82, 2.24) is 24.6 Å². The highest BCUT2D eigenvalue weighted by Crippen LogP contribution is 2.38. The first-order chi connectivity index (χ1) is 19.1. The summed E-state index contributed by atoms with van der Waals surface area (Å²) in [6.45, 7) is 5.21. The van der Waals surface area contributed by atoms with Crippen LogP contribution in [0.4, 0.5) is 4.79 Å². The van der Waals surface area contributed by atoms with E-state index in [-0.39, 0.29) is 12.1 Å². The van der Waals surface area contributed by atoms with Crippen LogP contribution in [-0.2, 0) is 19.4 Å². The van der Waals surface area contributed by atoms with Crippen molar-refractivity contribution in [2.24, 2.45) is 0 Å². The standard InChI is InChI=1S/C33H33N5O/c1-3-25-16-18-27(19-17-25)31-30-15-10-22-36(30)32-29(24(2)35-38(32)28-13-8-5-9-14-28)23-37(31)33(39)34-21-20-26-11-6-4-7-12-26/h4-19,22,31H,3,20-21,23H2,1-2H3,(H,34,39). The number of nitrogens with one attached hydrogen (secondary N) is 1. The molecule has 6 nitrogen and oxygen atoms in total. The molecule has 0 spiro atoms. The molecule has 1 atom stereocenters. The number of hydrogen-bond acceptors (Lipinski definition) is 2. The number of nitrogens with zero attached hydrogens (tertiary/aromatic N) is 4. The number of para-hydroxylation sites is 1. The first-order valence-corrected chi connectivity index (χ1v) is 13.6. The zero-order valence-corrected chi connectivity index (χ0v) is 22.4. The quantitative estimate of drug-likeness (QED) is 0.285. The van der Waals surface area contributed by atoms with Crippen LogP contribution in [0.5, 0.6) is 0 Å². The number of benzene rings is 3. The number of fused-ring (bicyclic) bond motifs is 3. The Morgan fingerprint density at radius 2 is 1.62 bits per heavy atom. The molecule has 0 radical (unpaired) electrons. The molecule has 0 saturated heterocycles. The smallest absolute Gasteiger partial charge is 0.318 e. The van der Waals surface area contributed by atoms with E-state index in [1.807, 2.05) is 52.9 Å². The Hall–Kier alpha value is -4.58. The van der Waals surface area contributed by atoms with Gasteiger partial charge in [-0.3, -0.25) is 0 Å². The summed E-state index contributed by atoms with van der Waals surface area (Å²) in [6.07, 6.45) is 3.84. The predicted molar refractivity (Wildman–Crippen MR) is 154 cm³/mol. The third-order valence-electron chi connectivity index (χ3n) is 7.58. The molecule has 0 saturated carbocycles. The van der Waals surface area contributed by atoms with Crippen molar-refractivity contribution in [3.8, 4) is 11.5 Å². The van der Waals surface area contributed by atoms with Crippen molar-refractivity contribution in [3.05, 3.63) is 137 Å². The molecule has 1 aliphatic heterocycles. The molecular formula is C33H33N5O. The summed E-state index contributed by atoms with van der Waals surface area (Å²) in [6, 6.07) is 33.0. The van der Waals surface area contributed by atoms with E-state index in [2.05, 4.69) is 83.7 Å². The number of amides is 2. The Kier molecular flexibility index (Phi) is 6.76. The molecule has 0 aliphatic carbocycles. The van der Waals surface area contributed by atoms with E-state index >= 15 is 0 Å². The summed E-state index contributed by atoms with van der Waals surface area (Å²) in [5.41, 5.74) is 7.56. The summed E-state index contributed by atoms with van der Waals surface area (Å²) in [5, 5.41) is 8.15. The fraction of sp³-hybridized carbons (Fsp3) is 0.212. The van der Waals surface area contributed by atoms with E-state index < -0.39 is 0 Å². The van der Waals surface area contributed by atoms with Gasteiger partial charge in [0.1, 0.15) is 5.82 Å². The van der Waals surface area contributed by atoms with Gasteiger partial charge in [0.2, 0.25) is 0 Å². The van der Waals surface area contributed by atoms with Crippen molar-refractivity contribution in [1.29, 1.82) is 0 Å². The van der Waals surface area contributed by atoms with Gasteiger partial charge in [0.05, 0.1) is 29.7 Å². The predicted octanol–water partition coefficient (Wildman–Crippen LogP) is 6.39. The van der Waals surface area contributed by atoms with E-state index in [4.69, 9.17) is 5.10 Å². The summed E-state index contributed by atoms with van der Waals surface area (Å²) < 4.78 is 4.21. The summed E-state index contributed by atoms with van der Waals surface area (Å²) in [7, 11) is 0. The van der Waals surface area contributed by atoms with Crippen LogP contribution in [0.1, 0.15) is 46.6 Å². The lowest BCUT2D eigenvalue weighted by Crippen LogP contribution is -2.42. The molecule has 39 heavy (non-hydrogen) atoms. The fourth-order valence-electron chi connectivity index (χ4n) is 5.50. The van der Waals surface area contributed by atoms with Gasteiger partial charge in [0.25, 0.3) is 0 Å². The molecule has 2 amide bonds. The monoisotopic (exact) mass is 515 g/mol. The minimum absolute atomic E-state index is 0.0806. The molecule has 0 fully saturated rings. The number of urea groups is 1. The van der Waals surface area contributed by atoms with Crippen LogP contribution in [0.15, 0.2) is 103 Å². The molecule has 6 rings (SSSR count). The van der Waals surface area contributed by atoms with Crippen molar-refractivity contribution in [2.75, 3.05) is 6.54 Å². The van der Waals surface area contributed by atoms with E-state index in [0.29, 0.717) is 13.1 Å². The van der Waals surface area contributed by atoms with Crippen molar-refractivity contribution in [3.63, 3.8) is 0 Å². The Balaban J connectivity index is 1.43. The number of hydrogen-bond donors (Lipinski definition) is 1. The molecular weight excluding hydrogens is 482 g/mol. The first kappa shape index (κ1) is 24.7. The van der Waals surface area contributed by atoms with Crippen LogP contribution in [0, 0.1) is 6.92 Å². The second-order valence-electron chi connectivity index (χ2n) is 10.0. The first-order valence-electron chi connectivity index (χ1n) is 13.6. The Labute approximate surface area is 229 Å². The van der Waals surface area contributed by atoms with Gasteiger partial charge >= 0.3 is 6.03 Å². The van der Waals surface area contributed by atoms with Crippen LogP contribution in [-0.4, -0.2) is 31.8 Å². The van der Waals surface area contributed by atoms with Crippen LogP contribution >= 0.6 is 0 Å². The summed E-state index contributed by atoms with van der Waals surface area (Å²) in [4.78, 5) is 15.9. The lowest BCUT2D eigenvalue weighted by Gasteiger charge is -2.31. The summed E-state index contributed by atoms with van der Waals surface area (Å²) >= 11 is 0. The van der Waals surface area contributed by atoms with Crippen LogP contribution in [0.25, 0.3) is 11.5 Å². The third-order valence-corrected chi connectivity index (χ3v) is 7.58. The second kappa shape index (κ2) is 10.7. The molecule has 5 aromatic rings. The molecule has 0 bridgehead atoms. The maximum Gasteiger partial charge on any atom is 0.318 e. The SMILES string of the molecule is CCc1ccc(C2c3cccn3-c3c(c(C)nn3-c3ccccc3)CN2C(=O)NCCc2ccccc2)cc1. The molecule has 3 heterocycles. The van der Waals surface area contributed by atoms with Gasteiger partial charge in [-0.2, -0.15) is 5.10 Å². The highest BCUT2D eigenvalue weighted by atomic mass is 16.2. The van der Waals surface area contributed by atoms with Crippen LogP contribution in [0.2, 0.25) is 0 Å². The molecule has 1 unspecified atom stereocenters. The van der Waals surface area contributed by atoms with Gasteiger partial charge in [-0.05, 0) is 60.7 Å². The topological polar surface area (TPSA) is 55.1 Å².